The van der Waals surface area contributed by atoms with E-state index in [1.54, 1.807) is 0 Å². The van der Waals surface area contributed by atoms with Gasteiger partial charge in [-0.25, -0.2) is 0 Å². The normalized spacial score (nSPS) is 9.79. The minimum absolute atomic E-state index is 0.820. The van der Waals surface area contributed by atoms with E-state index in [1.165, 1.54) is 30.8 Å². The van der Waals surface area contributed by atoms with Gasteiger partial charge in [0.1, 0.15) is 0 Å². The summed E-state index contributed by atoms with van der Waals surface area (Å²) in [5.41, 5.74) is 2.92. The summed E-state index contributed by atoms with van der Waals surface area (Å²) < 4.78 is 0. The second-order valence-electron chi connectivity index (χ2n) is 3.36. The van der Waals surface area contributed by atoms with Gasteiger partial charge in [-0.15, -0.1) is 0 Å². The van der Waals surface area contributed by atoms with Gasteiger partial charge in [0.2, 0.25) is 0 Å². The Bertz CT molecular complexity index is 329. The molecule has 0 aliphatic rings. The van der Waals surface area contributed by atoms with Gasteiger partial charge in [-0.1, -0.05) is 25.5 Å². The van der Waals surface area contributed by atoms with Gasteiger partial charge in [-0.3, -0.25) is 0 Å². The first kappa shape index (κ1) is 10.6. The minimum atomic E-state index is 0.820. The molecule has 0 fully saturated rings. The molecule has 0 saturated carbocycles. The number of hydrogen-bond donors (Lipinski definition) is 2. The molecule has 2 N–H and O–H groups in total. The van der Waals surface area contributed by atoms with Crippen molar-refractivity contribution in [2.45, 2.75) is 26.2 Å². The summed E-state index contributed by atoms with van der Waals surface area (Å²) >= 11 is 0. The van der Waals surface area contributed by atoms with Gasteiger partial charge in [-0.2, -0.15) is 0 Å². The van der Waals surface area contributed by atoms with E-state index in [2.05, 4.69) is 6.92 Å². The highest BCUT2D eigenvalue weighted by Crippen LogP contribution is 2.11. The molecule has 0 aliphatic heterocycles. The van der Waals surface area contributed by atoms with Crippen LogP contribution in [0.2, 0.25) is 0 Å². The van der Waals surface area contributed by atoms with Gasteiger partial charge < -0.3 is 10.8 Å². The largest absolute Gasteiger partial charge is 0.308 e. The molecule has 14 heavy (non-hydrogen) atoms. The van der Waals surface area contributed by atoms with Crippen LogP contribution in [0.15, 0.2) is 18.2 Å². The third kappa shape index (κ3) is 2.52. The molecule has 2 nitrogen and oxygen atoms in total. The molecule has 1 aromatic carbocycles. The van der Waals surface area contributed by atoms with Crippen molar-refractivity contribution in [3.8, 4) is 0 Å². The first-order chi connectivity index (χ1) is 6.81. The Hall–Kier alpha value is -1.44. The third-order valence-corrected chi connectivity index (χ3v) is 2.28. The predicted octanol–water partition coefficient (Wildman–Crippen LogP) is 3.02. The first-order valence-corrected chi connectivity index (χ1v) is 4.95. The van der Waals surface area contributed by atoms with E-state index in [0.29, 0.717) is 0 Å². The highest BCUT2D eigenvalue weighted by Gasteiger charge is 1.99. The number of benzene rings is 1. The molecule has 0 heterocycles. The van der Waals surface area contributed by atoms with Crippen LogP contribution in [0, 0.1) is 10.8 Å². The van der Waals surface area contributed by atoms with Crippen LogP contribution in [-0.4, -0.2) is 12.4 Å². The van der Waals surface area contributed by atoms with Gasteiger partial charge in [0, 0.05) is 23.6 Å². The summed E-state index contributed by atoms with van der Waals surface area (Å²) in [7, 11) is 0. The molecule has 1 rings (SSSR count). The van der Waals surface area contributed by atoms with Crippen molar-refractivity contribution in [2.24, 2.45) is 0 Å². The molecule has 2 heteroatoms. The molecule has 0 radical (unpaired) electrons. The van der Waals surface area contributed by atoms with E-state index < -0.39 is 0 Å². The molecule has 0 aliphatic carbocycles. The number of hydrogen-bond acceptors (Lipinski definition) is 2. The second kappa shape index (κ2) is 5.32. The molecule has 0 amide bonds. The topological polar surface area (TPSA) is 47.7 Å². The number of rotatable bonds is 5. The highest BCUT2D eigenvalue weighted by molar-refractivity contribution is 5.92. The lowest BCUT2D eigenvalue weighted by atomic mass is 10.0. The van der Waals surface area contributed by atoms with E-state index in [1.807, 2.05) is 18.2 Å². The number of aryl methyl sites for hydroxylation is 1. The molecule has 0 aromatic heterocycles. The predicted molar refractivity (Wildman–Crippen MR) is 60.8 cm³/mol. The van der Waals surface area contributed by atoms with Crippen LogP contribution in [0.3, 0.4) is 0 Å². The fraction of sp³-hybridized carbons (Fsp3) is 0.333. The number of nitrogens with one attached hydrogen (secondary N) is 2. The van der Waals surface area contributed by atoms with Crippen LogP contribution in [-0.2, 0) is 6.42 Å². The Morgan fingerprint density at radius 2 is 1.86 bits per heavy atom. The van der Waals surface area contributed by atoms with Crippen LogP contribution in [0.25, 0.3) is 0 Å². The number of unbranched alkanes of at least 4 members (excludes halogenated alkanes) is 1. The summed E-state index contributed by atoms with van der Waals surface area (Å²) in [5.74, 6) is 0. The van der Waals surface area contributed by atoms with Crippen LogP contribution in [0.5, 0.6) is 0 Å². The van der Waals surface area contributed by atoms with Crippen LogP contribution in [0.4, 0.5) is 0 Å². The van der Waals surface area contributed by atoms with Crippen LogP contribution in [0.1, 0.15) is 36.5 Å². The molecule has 74 valence electrons. The lowest BCUT2D eigenvalue weighted by Crippen LogP contribution is -1.93. The molecule has 0 bridgehead atoms. The zero-order chi connectivity index (χ0) is 10.4. The van der Waals surface area contributed by atoms with E-state index >= 15 is 0 Å². The van der Waals surface area contributed by atoms with E-state index in [-0.39, 0.29) is 0 Å². The van der Waals surface area contributed by atoms with Crippen molar-refractivity contribution in [1.82, 2.24) is 0 Å². The Balaban J connectivity index is 2.89. The monoisotopic (exact) mass is 188 g/mol. The van der Waals surface area contributed by atoms with Crippen molar-refractivity contribution >= 4 is 12.4 Å². The van der Waals surface area contributed by atoms with Crippen LogP contribution < -0.4 is 0 Å². The van der Waals surface area contributed by atoms with Crippen LogP contribution >= 0.6 is 0 Å². The average Bonchev–Trinajstić information content (AvgIpc) is 2.25. The van der Waals surface area contributed by atoms with E-state index in [4.69, 9.17) is 10.8 Å². The van der Waals surface area contributed by atoms with Gasteiger partial charge in [-0.05, 0) is 24.5 Å². The van der Waals surface area contributed by atoms with Crippen molar-refractivity contribution in [3.63, 3.8) is 0 Å². The molecule has 1 aromatic rings. The third-order valence-electron chi connectivity index (χ3n) is 2.28. The zero-order valence-corrected chi connectivity index (χ0v) is 8.51. The van der Waals surface area contributed by atoms with Crippen molar-refractivity contribution < 1.29 is 0 Å². The standard InChI is InChI=1S/C12H16N2/c1-2-3-4-10-5-6-11(8-13)12(7-10)9-14/h5-9,13-14H,2-4H2,1H3. The van der Waals surface area contributed by atoms with E-state index in [0.717, 1.165) is 17.5 Å². The summed E-state index contributed by atoms with van der Waals surface area (Å²) in [6, 6.07) is 5.96. The summed E-state index contributed by atoms with van der Waals surface area (Å²) in [6.07, 6.45) is 6.04. The quantitative estimate of drug-likeness (QED) is 0.667. The maximum absolute atomic E-state index is 7.23. The minimum Gasteiger partial charge on any atom is -0.308 e. The molecule has 0 atom stereocenters. The Morgan fingerprint density at radius 3 is 2.43 bits per heavy atom. The zero-order valence-electron chi connectivity index (χ0n) is 8.51. The fourth-order valence-corrected chi connectivity index (χ4v) is 1.42. The smallest absolute Gasteiger partial charge is 0.0256 e. The first-order valence-electron chi connectivity index (χ1n) is 4.95. The Morgan fingerprint density at radius 1 is 1.14 bits per heavy atom. The lowest BCUT2D eigenvalue weighted by molar-refractivity contribution is 0.795. The highest BCUT2D eigenvalue weighted by atomic mass is 14.4. The molecular formula is C12H16N2. The molecule has 0 unspecified atom stereocenters. The molecule has 0 saturated heterocycles. The average molecular weight is 188 g/mol. The maximum Gasteiger partial charge on any atom is 0.0256 e. The van der Waals surface area contributed by atoms with Crippen molar-refractivity contribution in [1.29, 1.82) is 10.8 Å². The molecule has 0 spiro atoms. The van der Waals surface area contributed by atoms with Crippen molar-refractivity contribution in [3.05, 3.63) is 34.9 Å². The van der Waals surface area contributed by atoms with Gasteiger partial charge >= 0.3 is 0 Å². The lowest BCUT2D eigenvalue weighted by Gasteiger charge is -2.04. The summed E-state index contributed by atoms with van der Waals surface area (Å²) in [4.78, 5) is 0. The van der Waals surface area contributed by atoms with Gasteiger partial charge in [0.15, 0.2) is 0 Å². The van der Waals surface area contributed by atoms with Crippen molar-refractivity contribution in [2.75, 3.05) is 0 Å². The fourth-order valence-electron chi connectivity index (χ4n) is 1.42. The Labute approximate surface area is 85.0 Å². The Kier molecular flexibility index (Phi) is 4.05. The SMILES string of the molecule is CCCCc1ccc(C=N)c(C=N)c1. The van der Waals surface area contributed by atoms with Gasteiger partial charge in [0.25, 0.3) is 0 Å². The molecular weight excluding hydrogens is 172 g/mol. The van der Waals surface area contributed by atoms with E-state index in [9.17, 15) is 0 Å². The second-order valence-corrected chi connectivity index (χ2v) is 3.36. The van der Waals surface area contributed by atoms with Gasteiger partial charge in [0.05, 0.1) is 0 Å². The maximum atomic E-state index is 7.23. The summed E-state index contributed by atoms with van der Waals surface area (Å²) in [6.45, 7) is 2.17. The summed E-state index contributed by atoms with van der Waals surface area (Å²) in [5, 5.41) is 14.4.